The van der Waals surface area contributed by atoms with Gasteiger partial charge in [0.15, 0.2) is 5.78 Å². The largest absolute Gasteiger partial charge is 0.444 e. The highest BCUT2D eigenvalue weighted by molar-refractivity contribution is 5.89. The van der Waals surface area contributed by atoms with Gasteiger partial charge in [-0.1, -0.05) is 13.8 Å². The van der Waals surface area contributed by atoms with Gasteiger partial charge < -0.3 is 10.1 Å². The van der Waals surface area contributed by atoms with Crippen molar-refractivity contribution < 1.29 is 14.3 Å². The summed E-state index contributed by atoms with van der Waals surface area (Å²) in [6.45, 7) is 9.34. The van der Waals surface area contributed by atoms with Crippen molar-refractivity contribution in [2.24, 2.45) is 11.8 Å². The highest BCUT2D eigenvalue weighted by Gasteiger charge is 2.39. The number of nitrogens with one attached hydrogen (secondary N) is 1. The second-order valence-electron chi connectivity index (χ2n) is 6.17. The highest BCUT2D eigenvalue weighted by atomic mass is 16.6. The molecule has 1 aliphatic rings. The van der Waals surface area contributed by atoms with Gasteiger partial charge in [0.05, 0.1) is 6.04 Å². The van der Waals surface area contributed by atoms with Gasteiger partial charge in [-0.2, -0.15) is 0 Å². The van der Waals surface area contributed by atoms with Crippen LogP contribution in [0.4, 0.5) is 4.79 Å². The Morgan fingerprint density at radius 3 is 2.28 bits per heavy atom. The minimum absolute atomic E-state index is 0.00876. The molecule has 0 heterocycles. The lowest BCUT2D eigenvalue weighted by atomic mass is 9.95. The zero-order valence-electron chi connectivity index (χ0n) is 12.1. The molecular weight excluding hydrogens is 230 g/mol. The normalized spacial score (nSPS) is 18.9. The summed E-state index contributed by atoms with van der Waals surface area (Å²) in [7, 11) is 0. The van der Waals surface area contributed by atoms with Crippen LogP contribution in [0.1, 0.15) is 53.9 Å². The molecule has 1 saturated carbocycles. The van der Waals surface area contributed by atoms with Crippen molar-refractivity contribution in [1.29, 1.82) is 0 Å². The number of hydrogen-bond acceptors (Lipinski definition) is 3. The van der Waals surface area contributed by atoms with Gasteiger partial charge in [-0.25, -0.2) is 4.79 Å². The second-order valence-corrected chi connectivity index (χ2v) is 6.17. The molecule has 0 saturated heterocycles. The van der Waals surface area contributed by atoms with Crippen LogP contribution in [-0.4, -0.2) is 23.5 Å². The summed E-state index contributed by atoms with van der Waals surface area (Å²) in [4.78, 5) is 23.9. The molecule has 0 bridgehead atoms. The van der Waals surface area contributed by atoms with Crippen LogP contribution in [0.2, 0.25) is 0 Å². The van der Waals surface area contributed by atoms with Crippen molar-refractivity contribution in [3.8, 4) is 0 Å². The van der Waals surface area contributed by atoms with E-state index in [4.69, 9.17) is 4.74 Å². The van der Waals surface area contributed by atoms with Gasteiger partial charge in [0.1, 0.15) is 5.60 Å². The van der Waals surface area contributed by atoms with Crippen molar-refractivity contribution in [3.05, 3.63) is 0 Å². The van der Waals surface area contributed by atoms with Crippen molar-refractivity contribution in [2.75, 3.05) is 0 Å². The predicted molar refractivity (Wildman–Crippen MR) is 70.3 cm³/mol. The molecule has 1 amide bonds. The SMILES string of the molecule is CCC(C)C(=O)C(NC(=O)OC(C)(C)C)C1CC1. The minimum Gasteiger partial charge on any atom is -0.444 e. The lowest BCUT2D eigenvalue weighted by Crippen LogP contribution is -2.46. The molecule has 1 aliphatic carbocycles. The maximum Gasteiger partial charge on any atom is 0.408 e. The van der Waals surface area contributed by atoms with Gasteiger partial charge in [0.25, 0.3) is 0 Å². The lowest BCUT2D eigenvalue weighted by Gasteiger charge is -2.24. The third-order valence-corrected chi connectivity index (χ3v) is 3.17. The van der Waals surface area contributed by atoms with Crippen LogP contribution in [0.3, 0.4) is 0 Å². The standard InChI is InChI=1S/C14H25NO3/c1-6-9(2)12(16)11(10-7-8-10)15-13(17)18-14(3,4)5/h9-11H,6-8H2,1-5H3,(H,15,17). The van der Waals surface area contributed by atoms with E-state index >= 15 is 0 Å². The van der Waals surface area contributed by atoms with Crippen LogP contribution in [0.5, 0.6) is 0 Å². The number of hydrogen-bond donors (Lipinski definition) is 1. The Kier molecular flexibility index (Phi) is 4.77. The quantitative estimate of drug-likeness (QED) is 0.821. The van der Waals surface area contributed by atoms with Crippen molar-refractivity contribution in [3.63, 3.8) is 0 Å². The van der Waals surface area contributed by atoms with E-state index in [0.717, 1.165) is 19.3 Å². The minimum atomic E-state index is -0.530. The van der Waals surface area contributed by atoms with Crippen LogP contribution in [0.25, 0.3) is 0 Å². The summed E-state index contributed by atoms with van der Waals surface area (Å²) in [5.74, 6) is 0.426. The number of ketones is 1. The Morgan fingerprint density at radius 2 is 1.89 bits per heavy atom. The van der Waals surface area contributed by atoms with E-state index in [0.29, 0.717) is 5.92 Å². The molecule has 2 unspecified atom stereocenters. The first-order chi connectivity index (χ1) is 8.24. The first-order valence-corrected chi connectivity index (χ1v) is 6.78. The smallest absolute Gasteiger partial charge is 0.408 e. The average Bonchev–Trinajstić information content (AvgIpc) is 3.05. The van der Waals surface area contributed by atoms with E-state index in [1.54, 1.807) is 0 Å². The van der Waals surface area contributed by atoms with E-state index in [-0.39, 0.29) is 17.7 Å². The van der Waals surface area contributed by atoms with Crippen LogP contribution >= 0.6 is 0 Å². The van der Waals surface area contributed by atoms with Gasteiger partial charge in [0, 0.05) is 5.92 Å². The molecule has 1 rings (SSSR count). The molecule has 4 nitrogen and oxygen atoms in total. The fraction of sp³-hybridized carbons (Fsp3) is 0.857. The second kappa shape index (κ2) is 5.72. The summed E-state index contributed by atoms with van der Waals surface area (Å²) < 4.78 is 5.21. The molecule has 0 aromatic rings. The topological polar surface area (TPSA) is 55.4 Å². The van der Waals surface area contributed by atoms with Crippen molar-refractivity contribution in [1.82, 2.24) is 5.32 Å². The van der Waals surface area contributed by atoms with Crippen molar-refractivity contribution >= 4 is 11.9 Å². The predicted octanol–water partition coefficient (Wildman–Crippen LogP) is 2.90. The van der Waals surface area contributed by atoms with Crippen LogP contribution in [0, 0.1) is 11.8 Å². The molecule has 0 aromatic carbocycles. The van der Waals surface area contributed by atoms with E-state index in [9.17, 15) is 9.59 Å². The van der Waals surface area contributed by atoms with Crippen LogP contribution < -0.4 is 5.32 Å². The molecule has 18 heavy (non-hydrogen) atoms. The Morgan fingerprint density at radius 1 is 1.33 bits per heavy atom. The Balaban J connectivity index is 2.58. The fourth-order valence-corrected chi connectivity index (χ4v) is 1.79. The molecular formula is C14H25NO3. The highest BCUT2D eigenvalue weighted by Crippen LogP contribution is 2.34. The number of amides is 1. The molecule has 0 aliphatic heterocycles. The fourth-order valence-electron chi connectivity index (χ4n) is 1.79. The first kappa shape index (κ1) is 15.0. The number of ether oxygens (including phenoxy) is 1. The van der Waals surface area contributed by atoms with Crippen molar-refractivity contribution in [2.45, 2.75) is 65.5 Å². The zero-order chi connectivity index (χ0) is 13.9. The summed E-state index contributed by atoms with van der Waals surface area (Å²) in [6.07, 6.45) is 2.35. The molecule has 4 heteroatoms. The van der Waals surface area contributed by atoms with Gasteiger partial charge in [-0.3, -0.25) is 4.79 Å². The van der Waals surface area contributed by atoms with Crippen LogP contribution in [0.15, 0.2) is 0 Å². The van der Waals surface area contributed by atoms with Crippen LogP contribution in [-0.2, 0) is 9.53 Å². The van der Waals surface area contributed by atoms with Gasteiger partial charge in [0.2, 0.25) is 0 Å². The Hall–Kier alpha value is -1.06. The summed E-state index contributed by atoms with van der Waals surface area (Å²) in [5.41, 5.74) is -0.530. The average molecular weight is 255 g/mol. The number of alkyl carbamates (subject to hydrolysis) is 1. The number of carbonyl (C=O) groups excluding carboxylic acids is 2. The Labute approximate surface area is 109 Å². The Bertz CT molecular complexity index is 315. The van der Waals surface area contributed by atoms with Gasteiger partial charge in [-0.15, -0.1) is 0 Å². The summed E-state index contributed by atoms with van der Waals surface area (Å²) in [6, 6.07) is -0.366. The third-order valence-electron chi connectivity index (χ3n) is 3.17. The van der Waals surface area contributed by atoms with E-state index in [2.05, 4.69) is 5.32 Å². The summed E-state index contributed by atoms with van der Waals surface area (Å²) in [5, 5.41) is 2.74. The maximum atomic E-state index is 12.2. The van der Waals surface area contributed by atoms with Gasteiger partial charge in [-0.05, 0) is 46.0 Å². The number of carbonyl (C=O) groups is 2. The van der Waals surface area contributed by atoms with E-state index < -0.39 is 11.7 Å². The molecule has 104 valence electrons. The molecule has 0 aromatic heterocycles. The number of Topliss-reactive ketones (excluding diaryl/α,β-unsaturated/α-hetero) is 1. The number of rotatable bonds is 5. The molecule has 0 radical (unpaired) electrons. The molecule has 0 spiro atoms. The summed E-state index contributed by atoms with van der Waals surface area (Å²) >= 11 is 0. The van der Waals surface area contributed by atoms with E-state index in [1.165, 1.54) is 0 Å². The zero-order valence-corrected chi connectivity index (χ0v) is 12.1. The lowest BCUT2D eigenvalue weighted by molar-refractivity contribution is -0.125. The monoisotopic (exact) mass is 255 g/mol. The first-order valence-electron chi connectivity index (χ1n) is 6.78. The maximum absolute atomic E-state index is 12.2. The molecule has 2 atom stereocenters. The third kappa shape index (κ3) is 4.67. The van der Waals surface area contributed by atoms with E-state index in [1.807, 2.05) is 34.6 Å². The molecule has 1 N–H and O–H groups in total. The molecule has 1 fully saturated rings. The van der Waals surface area contributed by atoms with Gasteiger partial charge >= 0.3 is 6.09 Å².